The molecular formula is C37H73KO2. The van der Waals surface area contributed by atoms with Crippen LogP contribution in [0, 0.1) is 0 Å². The summed E-state index contributed by atoms with van der Waals surface area (Å²) in [6.07, 6.45) is 48.0. The summed E-state index contributed by atoms with van der Waals surface area (Å²) in [6.45, 7) is 2.30. The van der Waals surface area contributed by atoms with Gasteiger partial charge in [0.1, 0.15) is 0 Å². The molecule has 0 aromatic heterocycles. The molecule has 234 valence electrons. The molecule has 0 spiro atoms. The molecular weight excluding hydrogens is 516 g/mol. The molecule has 0 amide bonds. The molecule has 0 aliphatic carbocycles. The fraction of sp³-hybridized carbons (Fsp3) is 0.973. The van der Waals surface area contributed by atoms with Crippen LogP contribution in [0.2, 0.25) is 0 Å². The van der Waals surface area contributed by atoms with Crippen LogP contribution in [0.1, 0.15) is 232 Å². The second-order valence-corrected chi connectivity index (χ2v) is 12.8. The monoisotopic (exact) mass is 589 g/mol. The van der Waals surface area contributed by atoms with Crippen molar-refractivity contribution in [3.8, 4) is 0 Å². The van der Waals surface area contributed by atoms with E-state index in [0.717, 1.165) is 12.8 Å². The van der Waals surface area contributed by atoms with Gasteiger partial charge in [-0.2, -0.15) is 0 Å². The predicted molar refractivity (Wildman–Crippen MR) is 172 cm³/mol. The minimum absolute atomic E-state index is 0. The van der Waals surface area contributed by atoms with Crippen LogP contribution in [0.15, 0.2) is 0 Å². The van der Waals surface area contributed by atoms with E-state index in [1.807, 2.05) is 0 Å². The number of carboxylic acids is 1. The molecule has 0 N–H and O–H groups in total. The fourth-order valence-corrected chi connectivity index (χ4v) is 6.00. The molecule has 0 aromatic carbocycles. The van der Waals surface area contributed by atoms with Gasteiger partial charge in [0.05, 0.1) is 0 Å². The number of carbonyl (C=O) groups is 1. The quantitative estimate of drug-likeness (QED) is 0.0546. The van der Waals surface area contributed by atoms with E-state index >= 15 is 0 Å². The summed E-state index contributed by atoms with van der Waals surface area (Å²) in [5, 5.41) is 10.4. The van der Waals surface area contributed by atoms with Gasteiger partial charge in [-0.1, -0.05) is 219 Å². The van der Waals surface area contributed by atoms with Crippen molar-refractivity contribution in [1.82, 2.24) is 0 Å². The molecule has 0 aliphatic rings. The van der Waals surface area contributed by atoms with Gasteiger partial charge in [0, 0.05) is 5.97 Å². The first-order valence-electron chi connectivity index (χ1n) is 18.5. The molecule has 0 saturated heterocycles. The van der Waals surface area contributed by atoms with Gasteiger partial charge in [-0.15, -0.1) is 0 Å². The topological polar surface area (TPSA) is 40.1 Å². The maximum atomic E-state index is 10.4. The Morgan fingerprint density at radius 3 is 0.625 bits per heavy atom. The third kappa shape index (κ3) is 41.2. The number of carboxylic acid groups (broad SMARTS) is 1. The van der Waals surface area contributed by atoms with Gasteiger partial charge < -0.3 is 9.90 Å². The largest absolute Gasteiger partial charge is 1.00 e. The van der Waals surface area contributed by atoms with E-state index in [0.29, 0.717) is 0 Å². The summed E-state index contributed by atoms with van der Waals surface area (Å²) in [6, 6.07) is 0. The second-order valence-electron chi connectivity index (χ2n) is 12.8. The van der Waals surface area contributed by atoms with Crippen LogP contribution in [0.4, 0.5) is 0 Å². The number of rotatable bonds is 35. The Morgan fingerprint density at radius 2 is 0.475 bits per heavy atom. The minimum Gasteiger partial charge on any atom is -0.550 e. The molecule has 0 bridgehead atoms. The molecule has 0 unspecified atom stereocenters. The molecule has 40 heavy (non-hydrogen) atoms. The van der Waals surface area contributed by atoms with Crippen LogP contribution in [0.25, 0.3) is 0 Å². The van der Waals surface area contributed by atoms with Gasteiger partial charge in [-0.05, 0) is 12.8 Å². The van der Waals surface area contributed by atoms with E-state index in [2.05, 4.69) is 6.92 Å². The first kappa shape index (κ1) is 43.2. The minimum atomic E-state index is -0.897. The molecule has 0 atom stereocenters. The Hall–Kier alpha value is 1.11. The fourth-order valence-electron chi connectivity index (χ4n) is 6.00. The Labute approximate surface area is 296 Å². The summed E-state index contributed by atoms with van der Waals surface area (Å²) in [5.41, 5.74) is 0. The van der Waals surface area contributed by atoms with Crippen molar-refractivity contribution >= 4 is 5.97 Å². The summed E-state index contributed by atoms with van der Waals surface area (Å²) < 4.78 is 0. The normalized spacial score (nSPS) is 11.1. The number of aliphatic carboxylic acids is 1. The van der Waals surface area contributed by atoms with Crippen LogP contribution in [0.3, 0.4) is 0 Å². The van der Waals surface area contributed by atoms with Gasteiger partial charge in [-0.3, -0.25) is 0 Å². The molecule has 0 rings (SSSR count). The summed E-state index contributed by atoms with van der Waals surface area (Å²) in [5.74, 6) is -0.897. The van der Waals surface area contributed by atoms with Gasteiger partial charge in [0.15, 0.2) is 0 Å². The summed E-state index contributed by atoms with van der Waals surface area (Å²) >= 11 is 0. The van der Waals surface area contributed by atoms with Gasteiger partial charge >= 0.3 is 51.4 Å². The van der Waals surface area contributed by atoms with Crippen LogP contribution in [0.5, 0.6) is 0 Å². The smallest absolute Gasteiger partial charge is 0.550 e. The van der Waals surface area contributed by atoms with Gasteiger partial charge in [0.2, 0.25) is 0 Å². The Kier molecular flexibility index (Phi) is 43.4. The van der Waals surface area contributed by atoms with Crippen molar-refractivity contribution in [3.05, 3.63) is 0 Å². The SMILES string of the molecule is CCCCCCCCCCCCCCCCCCCCCCCCCCCCCCCCCCCCC(=O)[O-].[K+]. The number of unbranched alkanes of at least 4 members (excludes halogenated alkanes) is 33. The van der Waals surface area contributed by atoms with Gasteiger partial charge in [0.25, 0.3) is 0 Å². The first-order valence-corrected chi connectivity index (χ1v) is 18.5. The third-order valence-corrected chi connectivity index (χ3v) is 8.73. The van der Waals surface area contributed by atoms with E-state index in [1.54, 1.807) is 0 Å². The molecule has 0 fully saturated rings. The second kappa shape index (κ2) is 40.1. The standard InChI is InChI=1S/C37H74O2.K/c1-2-3-4-5-6-7-8-9-10-11-12-13-14-15-16-17-18-19-20-21-22-23-24-25-26-27-28-29-30-31-32-33-34-35-36-37(38)39;/h2-36H2,1H3,(H,38,39);/q;+1/p-1. The summed E-state index contributed by atoms with van der Waals surface area (Å²) in [4.78, 5) is 10.4. The zero-order valence-corrected chi connectivity index (χ0v) is 31.2. The van der Waals surface area contributed by atoms with E-state index < -0.39 is 5.97 Å². The van der Waals surface area contributed by atoms with Crippen LogP contribution in [-0.2, 0) is 4.79 Å². The van der Waals surface area contributed by atoms with E-state index in [-0.39, 0.29) is 57.8 Å². The number of hydrogen-bond acceptors (Lipinski definition) is 2. The van der Waals surface area contributed by atoms with Crippen LogP contribution >= 0.6 is 0 Å². The zero-order valence-electron chi connectivity index (χ0n) is 28.1. The van der Waals surface area contributed by atoms with Crippen molar-refractivity contribution in [1.29, 1.82) is 0 Å². The third-order valence-electron chi connectivity index (χ3n) is 8.73. The Bertz CT molecular complexity index is 453. The van der Waals surface area contributed by atoms with Crippen molar-refractivity contribution in [3.63, 3.8) is 0 Å². The van der Waals surface area contributed by atoms with Crippen molar-refractivity contribution < 1.29 is 61.3 Å². The molecule has 0 heterocycles. The van der Waals surface area contributed by atoms with Gasteiger partial charge in [-0.25, -0.2) is 0 Å². The zero-order chi connectivity index (χ0) is 28.3. The van der Waals surface area contributed by atoms with E-state index in [4.69, 9.17) is 0 Å². The van der Waals surface area contributed by atoms with E-state index in [1.165, 1.54) is 205 Å². The maximum Gasteiger partial charge on any atom is 1.00 e. The van der Waals surface area contributed by atoms with Crippen molar-refractivity contribution in [2.45, 2.75) is 232 Å². The van der Waals surface area contributed by atoms with Crippen molar-refractivity contribution in [2.75, 3.05) is 0 Å². The van der Waals surface area contributed by atoms with Crippen LogP contribution in [-0.4, -0.2) is 5.97 Å². The van der Waals surface area contributed by atoms with Crippen molar-refractivity contribution in [2.24, 2.45) is 0 Å². The Morgan fingerprint density at radius 1 is 0.325 bits per heavy atom. The molecule has 0 radical (unpaired) electrons. The molecule has 0 aromatic rings. The maximum absolute atomic E-state index is 10.4. The number of carbonyl (C=O) groups excluding carboxylic acids is 1. The molecule has 3 heteroatoms. The average molecular weight is 589 g/mol. The predicted octanol–water partition coefficient (Wildman–Crippen LogP) is 9.41. The molecule has 0 saturated carbocycles. The first-order chi connectivity index (χ1) is 19.3. The molecule has 0 aliphatic heterocycles. The Balaban J connectivity index is 0. The number of hydrogen-bond donors (Lipinski definition) is 0. The van der Waals surface area contributed by atoms with E-state index in [9.17, 15) is 9.90 Å². The average Bonchev–Trinajstić information content (AvgIpc) is 2.93. The van der Waals surface area contributed by atoms with Crippen LogP contribution < -0.4 is 56.5 Å². The summed E-state index contributed by atoms with van der Waals surface area (Å²) in [7, 11) is 0. The molecule has 2 nitrogen and oxygen atoms in total.